The smallest absolute Gasteiger partial charge is 0.151 e. The SMILES string of the molecule is Clc1ccc(COc2cccc3cccnc23)nn1. The number of nitrogens with zero attached hydrogens (tertiary/aromatic N) is 3. The maximum atomic E-state index is 5.74. The standard InChI is InChI=1S/C14H10ClN3O/c15-13-7-6-11(17-18-13)9-19-12-5-1-3-10-4-2-8-16-14(10)12/h1-8H,9H2. The summed E-state index contributed by atoms with van der Waals surface area (Å²) in [7, 11) is 0. The number of hydrogen-bond donors (Lipinski definition) is 0. The largest absolute Gasteiger partial charge is 0.485 e. The Kier molecular flexibility index (Phi) is 3.25. The predicted octanol–water partition coefficient (Wildman–Crippen LogP) is 3.26. The van der Waals surface area contributed by atoms with E-state index in [4.69, 9.17) is 16.3 Å². The molecule has 0 fully saturated rings. The van der Waals surface area contributed by atoms with Crippen LogP contribution in [0.2, 0.25) is 5.15 Å². The summed E-state index contributed by atoms with van der Waals surface area (Å²) in [5, 5.41) is 9.13. The monoisotopic (exact) mass is 271 g/mol. The molecule has 5 heteroatoms. The van der Waals surface area contributed by atoms with Crippen molar-refractivity contribution in [2.45, 2.75) is 6.61 Å². The molecule has 0 aliphatic rings. The van der Waals surface area contributed by atoms with Gasteiger partial charge >= 0.3 is 0 Å². The summed E-state index contributed by atoms with van der Waals surface area (Å²) in [6, 6.07) is 13.2. The average molecular weight is 272 g/mol. The first-order valence-electron chi connectivity index (χ1n) is 5.77. The van der Waals surface area contributed by atoms with Crippen LogP contribution in [-0.2, 0) is 6.61 Å². The van der Waals surface area contributed by atoms with Gasteiger partial charge in [-0.05, 0) is 24.3 Å². The highest BCUT2D eigenvalue weighted by Crippen LogP contribution is 2.23. The third-order valence-electron chi connectivity index (χ3n) is 2.66. The van der Waals surface area contributed by atoms with Crippen molar-refractivity contribution in [3.63, 3.8) is 0 Å². The van der Waals surface area contributed by atoms with Crippen LogP contribution in [0.5, 0.6) is 5.75 Å². The number of hydrogen-bond acceptors (Lipinski definition) is 4. The van der Waals surface area contributed by atoms with E-state index in [0.717, 1.165) is 22.3 Å². The van der Waals surface area contributed by atoms with E-state index in [1.165, 1.54) is 0 Å². The van der Waals surface area contributed by atoms with Crippen LogP contribution in [0.1, 0.15) is 5.69 Å². The molecule has 0 saturated carbocycles. The van der Waals surface area contributed by atoms with Crippen LogP contribution in [0, 0.1) is 0 Å². The van der Waals surface area contributed by atoms with E-state index in [1.54, 1.807) is 18.3 Å². The number of pyridine rings is 1. The zero-order valence-corrected chi connectivity index (χ0v) is 10.7. The first-order valence-corrected chi connectivity index (χ1v) is 6.15. The molecule has 3 rings (SSSR count). The van der Waals surface area contributed by atoms with Gasteiger partial charge in [0.15, 0.2) is 5.15 Å². The lowest BCUT2D eigenvalue weighted by Gasteiger charge is -2.07. The summed E-state index contributed by atoms with van der Waals surface area (Å²) in [6.45, 7) is 0.333. The second kappa shape index (κ2) is 5.20. The van der Waals surface area contributed by atoms with Gasteiger partial charge < -0.3 is 4.74 Å². The van der Waals surface area contributed by atoms with Crippen LogP contribution in [0.4, 0.5) is 0 Å². The molecule has 0 amide bonds. The summed E-state index contributed by atoms with van der Waals surface area (Å²) in [6.07, 6.45) is 1.75. The molecular formula is C14H10ClN3O. The molecule has 0 N–H and O–H groups in total. The molecule has 3 aromatic rings. The molecule has 0 atom stereocenters. The van der Waals surface area contributed by atoms with Gasteiger partial charge in [0.1, 0.15) is 23.6 Å². The highest BCUT2D eigenvalue weighted by atomic mass is 35.5. The summed E-state index contributed by atoms with van der Waals surface area (Å²) in [5.74, 6) is 0.731. The lowest BCUT2D eigenvalue weighted by molar-refractivity contribution is 0.303. The van der Waals surface area contributed by atoms with Crippen LogP contribution >= 0.6 is 11.6 Å². The van der Waals surface area contributed by atoms with Gasteiger partial charge in [-0.2, -0.15) is 5.10 Å². The Morgan fingerprint density at radius 3 is 2.74 bits per heavy atom. The van der Waals surface area contributed by atoms with E-state index >= 15 is 0 Å². The molecule has 19 heavy (non-hydrogen) atoms. The Morgan fingerprint density at radius 2 is 1.89 bits per heavy atom. The van der Waals surface area contributed by atoms with Crippen molar-refractivity contribution in [1.82, 2.24) is 15.2 Å². The first kappa shape index (κ1) is 11.9. The summed E-state index contributed by atoms with van der Waals surface area (Å²) < 4.78 is 5.74. The molecule has 94 valence electrons. The van der Waals surface area contributed by atoms with Crippen molar-refractivity contribution >= 4 is 22.5 Å². The maximum Gasteiger partial charge on any atom is 0.151 e. The molecular weight excluding hydrogens is 262 g/mol. The predicted molar refractivity (Wildman–Crippen MR) is 73.1 cm³/mol. The lowest BCUT2D eigenvalue weighted by atomic mass is 10.2. The van der Waals surface area contributed by atoms with E-state index in [0.29, 0.717) is 11.8 Å². The highest BCUT2D eigenvalue weighted by molar-refractivity contribution is 6.29. The van der Waals surface area contributed by atoms with Gasteiger partial charge in [0.05, 0.1) is 0 Å². The van der Waals surface area contributed by atoms with E-state index in [2.05, 4.69) is 15.2 Å². The van der Waals surface area contributed by atoms with Gasteiger partial charge in [0.2, 0.25) is 0 Å². The third kappa shape index (κ3) is 2.63. The van der Waals surface area contributed by atoms with Crippen molar-refractivity contribution < 1.29 is 4.74 Å². The Morgan fingerprint density at radius 1 is 1.00 bits per heavy atom. The van der Waals surface area contributed by atoms with Gasteiger partial charge in [-0.15, -0.1) is 5.10 Å². The normalized spacial score (nSPS) is 10.6. The topological polar surface area (TPSA) is 47.9 Å². The minimum Gasteiger partial charge on any atom is -0.485 e. The van der Waals surface area contributed by atoms with E-state index in [9.17, 15) is 0 Å². The molecule has 0 unspecified atom stereocenters. The summed E-state index contributed by atoms with van der Waals surface area (Å²) in [4.78, 5) is 4.33. The Bertz CT molecular complexity index is 695. The van der Waals surface area contributed by atoms with E-state index in [-0.39, 0.29) is 0 Å². The molecule has 0 bridgehead atoms. The average Bonchev–Trinajstić information content (AvgIpc) is 2.47. The number of ether oxygens (including phenoxy) is 1. The molecule has 0 aliphatic heterocycles. The molecule has 0 spiro atoms. The highest BCUT2D eigenvalue weighted by Gasteiger charge is 2.04. The van der Waals surface area contributed by atoms with Crippen LogP contribution in [0.15, 0.2) is 48.7 Å². The zero-order chi connectivity index (χ0) is 13.1. The first-order chi connectivity index (χ1) is 9.33. The quantitative estimate of drug-likeness (QED) is 0.734. The molecule has 0 aliphatic carbocycles. The van der Waals surface area contributed by atoms with Crippen LogP contribution in [0.3, 0.4) is 0 Å². The summed E-state index contributed by atoms with van der Waals surface area (Å²) in [5.41, 5.74) is 1.56. The number of rotatable bonds is 3. The minimum absolute atomic E-state index is 0.333. The maximum absolute atomic E-state index is 5.74. The van der Waals surface area contributed by atoms with Crippen molar-refractivity contribution in [2.24, 2.45) is 0 Å². The summed E-state index contributed by atoms with van der Waals surface area (Å²) >= 11 is 5.68. The molecule has 0 radical (unpaired) electrons. The number of aromatic nitrogens is 3. The number of benzene rings is 1. The fraction of sp³-hybridized carbons (Fsp3) is 0.0714. The lowest BCUT2D eigenvalue weighted by Crippen LogP contribution is -2.00. The Balaban J connectivity index is 1.84. The van der Waals surface area contributed by atoms with Crippen molar-refractivity contribution in [3.8, 4) is 5.75 Å². The second-order valence-electron chi connectivity index (χ2n) is 3.97. The van der Waals surface area contributed by atoms with Gasteiger partial charge in [-0.1, -0.05) is 29.8 Å². The number of fused-ring (bicyclic) bond motifs is 1. The van der Waals surface area contributed by atoms with Crippen molar-refractivity contribution in [1.29, 1.82) is 0 Å². The van der Waals surface area contributed by atoms with Gasteiger partial charge in [0, 0.05) is 11.6 Å². The van der Waals surface area contributed by atoms with Gasteiger partial charge in [-0.25, -0.2) is 0 Å². The van der Waals surface area contributed by atoms with Crippen LogP contribution in [0.25, 0.3) is 10.9 Å². The Hall–Kier alpha value is -2.20. The molecule has 2 heterocycles. The van der Waals surface area contributed by atoms with Gasteiger partial charge in [-0.3, -0.25) is 4.98 Å². The fourth-order valence-corrected chi connectivity index (χ4v) is 1.87. The van der Waals surface area contributed by atoms with Crippen molar-refractivity contribution in [2.75, 3.05) is 0 Å². The van der Waals surface area contributed by atoms with E-state index < -0.39 is 0 Å². The van der Waals surface area contributed by atoms with Crippen LogP contribution < -0.4 is 4.74 Å². The Labute approximate surface area is 115 Å². The van der Waals surface area contributed by atoms with Gasteiger partial charge in [0.25, 0.3) is 0 Å². The minimum atomic E-state index is 0.333. The van der Waals surface area contributed by atoms with Crippen LogP contribution in [-0.4, -0.2) is 15.2 Å². The molecule has 1 aromatic carbocycles. The fourth-order valence-electron chi connectivity index (χ4n) is 1.76. The van der Waals surface area contributed by atoms with Crippen molar-refractivity contribution in [3.05, 3.63) is 59.5 Å². The third-order valence-corrected chi connectivity index (χ3v) is 2.86. The molecule has 4 nitrogen and oxygen atoms in total. The second-order valence-corrected chi connectivity index (χ2v) is 4.35. The molecule has 2 aromatic heterocycles. The zero-order valence-electron chi connectivity index (χ0n) is 9.95. The number of para-hydroxylation sites is 1. The molecule has 0 saturated heterocycles. The van der Waals surface area contributed by atoms with E-state index in [1.807, 2.05) is 30.3 Å². The number of halogens is 1.